The summed E-state index contributed by atoms with van der Waals surface area (Å²) < 4.78 is 10.5. The maximum Gasteiger partial charge on any atom is 0.254 e. The van der Waals surface area contributed by atoms with E-state index in [1.54, 1.807) is 7.11 Å². The summed E-state index contributed by atoms with van der Waals surface area (Å²) in [5.74, 6) is 3.18. The van der Waals surface area contributed by atoms with Crippen LogP contribution >= 0.6 is 0 Å². The van der Waals surface area contributed by atoms with Gasteiger partial charge in [0.05, 0.1) is 23.8 Å². The van der Waals surface area contributed by atoms with Crippen molar-refractivity contribution in [2.75, 3.05) is 33.3 Å². The van der Waals surface area contributed by atoms with Gasteiger partial charge >= 0.3 is 0 Å². The first-order chi connectivity index (χ1) is 22.9. The van der Waals surface area contributed by atoms with Crippen LogP contribution in [0.3, 0.4) is 0 Å². The van der Waals surface area contributed by atoms with Gasteiger partial charge in [-0.05, 0) is 73.4 Å². The van der Waals surface area contributed by atoms with Crippen molar-refractivity contribution in [3.05, 3.63) is 83.4 Å². The van der Waals surface area contributed by atoms with Crippen molar-refractivity contribution in [3.63, 3.8) is 0 Å². The van der Waals surface area contributed by atoms with Gasteiger partial charge in [-0.3, -0.25) is 9.59 Å². The van der Waals surface area contributed by atoms with Crippen LogP contribution in [-0.2, 0) is 13.6 Å². The number of piperidine rings is 1. The predicted molar refractivity (Wildman–Crippen MR) is 185 cm³/mol. The number of ether oxygens (including phenoxy) is 1. The Morgan fingerprint density at radius 3 is 2.38 bits per heavy atom. The third kappa shape index (κ3) is 5.28. The van der Waals surface area contributed by atoms with Crippen LogP contribution in [-0.4, -0.2) is 69.0 Å². The molecule has 2 saturated heterocycles. The van der Waals surface area contributed by atoms with Crippen LogP contribution in [0.1, 0.15) is 71.2 Å². The summed E-state index contributed by atoms with van der Waals surface area (Å²) in [6, 6.07) is 22.3. The normalized spacial score (nSPS) is 18.6. The summed E-state index contributed by atoms with van der Waals surface area (Å²) in [5, 5.41) is 1.19. The fourth-order valence-electron chi connectivity index (χ4n) is 7.81. The van der Waals surface area contributed by atoms with Gasteiger partial charge in [-0.25, -0.2) is 4.98 Å². The number of para-hydroxylation sites is 1. The number of aryl methyl sites for hydroxylation is 1. The number of carbonyl (C=O) groups excluding carboxylic acids is 2. The molecule has 0 unspecified atom stereocenters. The van der Waals surface area contributed by atoms with Crippen molar-refractivity contribution in [1.82, 2.24) is 23.9 Å². The predicted octanol–water partition coefficient (Wildman–Crippen LogP) is 7.12. The number of hydrogen-bond acceptors (Lipinski definition) is 4. The van der Waals surface area contributed by atoms with E-state index in [9.17, 15) is 9.59 Å². The maximum absolute atomic E-state index is 13.7. The van der Waals surface area contributed by atoms with Gasteiger partial charge in [0.1, 0.15) is 11.3 Å². The fraction of sp³-hybridized carbons (Fsp3) is 0.410. The Kier molecular flexibility index (Phi) is 7.54. The minimum atomic E-state index is 0.0586. The molecule has 0 spiro atoms. The number of hydrogen-bond donors (Lipinski definition) is 0. The molecule has 3 aromatic carbocycles. The van der Waals surface area contributed by atoms with Crippen molar-refractivity contribution in [2.45, 2.75) is 51.5 Å². The molecule has 4 heterocycles. The first-order valence-corrected chi connectivity index (χ1v) is 17.2. The first kappa shape index (κ1) is 29.8. The second-order valence-electron chi connectivity index (χ2n) is 13.9. The van der Waals surface area contributed by atoms with E-state index in [-0.39, 0.29) is 17.7 Å². The van der Waals surface area contributed by atoms with E-state index in [2.05, 4.69) is 40.3 Å². The number of benzene rings is 3. The average Bonchev–Trinajstić information content (AvgIpc) is 3.75. The van der Waals surface area contributed by atoms with Crippen LogP contribution in [0.4, 0.5) is 0 Å². The molecular formula is C39H43N5O3. The molecule has 242 valence electrons. The van der Waals surface area contributed by atoms with Crippen LogP contribution in [0.25, 0.3) is 33.5 Å². The molecule has 8 rings (SSSR count). The molecule has 3 fully saturated rings. The van der Waals surface area contributed by atoms with E-state index in [0.29, 0.717) is 36.2 Å². The van der Waals surface area contributed by atoms with Crippen LogP contribution in [0, 0.1) is 11.8 Å². The molecule has 0 radical (unpaired) electrons. The zero-order valence-electron chi connectivity index (χ0n) is 27.6. The van der Waals surface area contributed by atoms with Crippen LogP contribution < -0.4 is 4.74 Å². The quantitative estimate of drug-likeness (QED) is 0.183. The molecule has 5 aromatic rings. The van der Waals surface area contributed by atoms with E-state index >= 15 is 0 Å². The zero-order chi connectivity index (χ0) is 32.2. The van der Waals surface area contributed by atoms with E-state index in [0.717, 1.165) is 60.6 Å². The minimum Gasteiger partial charge on any atom is -0.494 e. The summed E-state index contributed by atoms with van der Waals surface area (Å²) >= 11 is 0. The second-order valence-corrected chi connectivity index (χ2v) is 13.9. The Bertz CT molecular complexity index is 1980. The molecule has 2 amide bonds. The van der Waals surface area contributed by atoms with Gasteiger partial charge in [0, 0.05) is 62.2 Å². The number of nitrogens with zero attached hydrogens (tertiary/aromatic N) is 5. The van der Waals surface area contributed by atoms with Crippen LogP contribution in [0.2, 0.25) is 0 Å². The van der Waals surface area contributed by atoms with Gasteiger partial charge in [-0.2, -0.15) is 0 Å². The highest BCUT2D eigenvalue weighted by atomic mass is 16.5. The van der Waals surface area contributed by atoms with Gasteiger partial charge in [0.25, 0.3) is 11.8 Å². The number of rotatable bonds is 8. The largest absolute Gasteiger partial charge is 0.494 e. The van der Waals surface area contributed by atoms with Crippen molar-refractivity contribution in [3.8, 4) is 17.3 Å². The number of likely N-dealkylation sites (tertiary alicyclic amines) is 2. The molecule has 1 saturated carbocycles. The van der Waals surface area contributed by atoms with Gasteiger partial charge in [-0.1, -0.05) is 49.7 Å². The Balaban J connectivity index is 1.17. The third-order valence-electron chi connectivity index (χ3n) is 10.7. The van der Waals surface area contributed by atoms with E-state index in [4.69, 9.17) is 9.72 Å². The van der Waals surface area contributed by atoms with Crippen molar-refractivity contribution >= 4 is 33.8 Å². The zero-order valence-corrected chi connectivity index (χ0v) is 27.6. The van der Waals surface area contributed by atoms with Gasteiger partial charge in [0.15, 0.2) is 5.82 Å². The Morgan fingerprint density at radius 2 is 1.64 bits per heavy atom. The Hall–Kier alpha value is -4.59. The van der Waals surface area contributed by atoms with Crippen LogP contribution in [0.5, 0.6) is 5.75 Å². The lowest BCUT2D eigenvalue weighted by molar-refractivity contribution is 0.0602. The fourth-order valence-corrected chi connectivity index (χ4v) is 7.81. The van der Waals surface area contributed by atoms with E-state index in [1.807, 2.05) is 59.3 Å². The standard InChI is InChI=1S/C39H43N5O3/c1-4-25-10-9-17-42(21-25)39(46)29-18-32-36(34(20-29)47-3)41(2)37(40-32)33-19-28-13-8-14-31(35(28)44(33)22-26-15-16-26)30-23-43(24-30)38(45)27-11-6-5-7-12-27/h5-8,11-14,18-20,25-26,30H,4,9-10,15-17,21-24H2,1-3H3/t25-/m1/s1. The first-order valence-electron chi connectivity index (χ1n) is 17.2. The topological polar surface area (TPSA) is 72.6 Å². The lowest BCUT2D eigenvalue weighted by Gasteiger charge is -2.40. The maximum atomic E-state index is 13.7. The Morgan fingerprint density at radius 1 is 0.851 bits per heavy atom. The van der Waals surface area contributed by atoms with Gasteiger partial charge in [0.2, 0.25) is 0 Å². The summed E-state index contributed by atoms with van der Waals surface area (Å²) in [5.41, 5.74) is 6.65. The number of methoxy groups -OCH3 is 1. The smallest absolute Gasteiger partial charge is 0.254 e. The highest BCUT2D eigenvalue weighted by Gasteiger charge is 2.35. The highest BCUT2D eigenvalue weighted by molar-refractivity contribution is 6.00. The molecule has 8 nitrogen and oxygen atoms in total. The molecule has 0 bridgehead atoms. The summed E-state index contributed by atoms with van der Waals surface area (Å²) in [7, 11) is 3.72. The highest BCUT2D eigenvalue weighted by Crippen LogP contribution is 2.41. The molecule has 2 aromatic heterocycles. The summed E-state index contributed by atoms with van der Waals surface area (Å²) in [6.45, 7) is 6.19. The average molecular weight is 630 g/mol. The molecular weight excluding hydrogens is 586 g/mol. The van der Waals surface area contributed by atoms with Gasteiger partial charge < -0.3 is 23.7 Å². The lowest BCUT2D eigenvalue weighted by atomic mass is 9.89. The monoisotopic (exact) mass is 629 g/mol. The molecule has 0 N–H and O–H groups in total. The molecule has 1 aliphatic carbocycles. The number of fused-ring (bicyclic) bond motifs is 2. The summed E-state index contributed by atoms with van der Waals surface area (Å²) in [6.07, 6.45) is 5.81. The van der Waals surface area contributed by atoms with Crippen molar-refractivity contribution in [1.29, 1.82) is 0 Å². The Labute approximate surface area is 275 Å². The third-order valence-corrected chi connectivity index (χ3v) is 10.7. The second kappa shape index (κ2) is 11.9. The minimum absolute atomic E-state index is 0.0586. The van der Waals surface area contributed by atoms with Crippen molar-refractivity contribution in [2.24, 2.45) is 18.9 Å². The molecule has 8 heteroatoms. The number of aromatic nitrogens is 3. The van der Waals surface area contributed by atoms with Gasteiger partial charge in [-0.15, -0.1) is 0 Å². The number of carbonyl (C=O) groups is 2. The van der Waals surface area contributed by atoms with E-state index < -0.39 is 0 Å². The SMILES string of the molecule is CC[C@@H]1CCCN(C(=O)c2cc(OC)c3c(c2)nc(-c2cc4cccc(C5CN(C(=O)c6ccccc6)C5)c4n2CC2CC2)n3C)C1. The molecule has 47 heavy (non-hydrogen) atoms. The molecule has 1 atom stereocenters. The number of imidazole rings is 1. The molecule has 2 aliphatic heterocycles. The van der Waals surface area contributed by atoms with Crippen LogP contribution in [0.15, 0.2) is 66.7 Å². The number of amides is 2. The lowest BCUT2D eigenvalue weighted by Crippen LogP contribution is -2.48. The summed E-state index contributed by atoms with van der Waals surface area (Å²) in [4.78, 5) is 36.0. The molecule has 3 aliphatic rings. The van der Waals surface area contributed by atoms with Crippen molar-refractivity contribution < 1.29 is 14.3 Å². The van der Waals surface area contributed by atoms with E-state index in [1.165, 1.54) is 35.7 Å².